The summed E-state index contributed by atoms with van der Waals surface area (Å²) < 4.78 is 36.6. The summed E-state index contributed by atoms with van der Waals surface area (Å²) in [7, 11) is 0. The van der Waals surface area contributed by atoms with Crippen LogP contribution >= 0.6 is 0 Å². The molecule has 2 rings (SSSR count). The summed E-state index contributed by atoms with van der Waals surface area (Å²) in [6.45, 7) is 2.92. The van der Waals surface area contributed by atoms with E-state index >= 15 is 0 Å². The maximum atomic E-state index is 13.3. The number of rotatable bonds is 6. The highest BCUT2D eigenvalue weighted by molar-refractivity contribution is 5.74. The van der Waals surface area contributed by atoms with Gasteiger partial charge in [-0.15, -0.1) is 0 Å². The second-order valence-corrected chi connectivity index (χ2v) is 5.16. The van der Waals surface area contributed by atoms with Crippen LogP contribution in [0.3, 0.4) is 0 Å². The molecular formula is C15H20F2N2O3. The molecule has 1 fully saturated rings. The normalized spacial score (nSPS) is 18.8. The Bertz CT molecular complexity index is 508. The van der Waals surface area contributed by atoms with Crippen molar-refractivity contribution in [2.75, 3.05) is 19.8 Å². The quantitative estimate of drug-likeness (QED) is 0.792. The van der Waals surface area contributed by atoms with E-state index in [1.165, 1.54) is 6.07 Å². The summed E-state index contributed by atoms with van der Waals surface area (Å²) in [5.74, 6) is -1.47. The van der Waals surface area contributed by atoms with Crippen LogP contribution in [0.1, 0.15) is 19.8 Å². The lowest BCUT2D eigenvalue weighted by atomic mass is 10.1. The first-order valence-electron chi connectivity index (χ1n) is 7.30. The summed E-state index contributed by atoms with van der Waals surface area (Å²) >= 11 is 0. The average molecular weight is 314 g/mol. The Labute approximate surface area is 128 Å². The van der Waals surface area contributed by atoms with Gasteiger partial charge in [0.15, 0.2) is 11.6 Å². The van der Waals surface area contributed by atoms with E-state index < -0.39 is 11.6 Å². The Morgan fingerprint density at radius 3 is 3.00 bits per heavy atom. The zero-order valence-corrected chi connectivity index (χ0v) is 12.4. The van der Waals surface area contributed by atoms with E-state index in [4.69, 9.17) is 9.47 Å². The van der Waals surface area contributed by atoms with Crippen molar-refractivity contribution >= 4 is 6.03 Å². The number of nitrogens with one attached hydrogen (secondary N) is 2. The van der Waals surface area contributed by atoms with Gasteiger partial charge in [-0.2, -0.15) is 0 Å². The molecule has 7 heteroatoms. The molecule has 0 bridgehead atoms. The minimum Gasteiger partial charge on any atom is -0.489 e. The Kier molecular flexibility index (Phi) is 5.94. The molecule has 1 aromatic rings. The lowest BCUT2D eigenvalue weighted by Gasteiger charge is -2.20. The maximum absolute atomic E-state index is 13.3. The molecule has 0 aliphatic carbocycles. The van der Waals surface area contributed by atoms with Crippen molar-refractivity contribution in [3.8, 4) is 5.75 Å². The van der Waals surface area contributed by atoms with Crippen LogP contribution in [-0.4, -0.2) is 37.9 Å². The van der Waals surface area contributed by atoms with Crippen LogP contribution in [-0.2, 0) is 4.74 Å². The van der Waals surface area contributed by atoms with Gasteiger partial charge in [-0.05, 0) is 31.9 Å². The molecule has 1 heterocycles. The zero-order valence-electron chi connectivity index (χ0n) is 12.4. The minimum absolute atomic E-state index is 0.0451. The van der Waals surface area contributed by atoms with Crippen LogP contribution < -0.4 is 15.4 Å². The standard InChI is InChI=1S/C15H20F2N2O3/c1-10(13-3-2-7-21-13)19-15(20)18-6-8-22-14-5-4-11(16)9-12(14)17/h4-5,9-10,13H,2-3,6-8H2,1H3,(H2,18,19,20)/t10-,13+/m1/s1. The molecule has 1 saturated heterocycles. The lowest BCUT2D eigenvalue weighted by molar-refractivity contribution is 0.0860. The summed E-state index contributed by atoms with van der Waals surface area (Å²) in [4.78, 5) is 11.7. The topological polar surface area (TPSA) is 59.6 Å². The van der Waals surface area contributed by atoms with Crippen molar-refractivity contribution in [2.45, 2.75) is 31.9 Å². The van der Waals surface area contributed by atoms with Gasteiger partial charge in [-0.3, -0.25) is 0 Å². The molecule has 1 aromatic carbocycles. The first-order chi connectivity index (χ1) is 10.6. The van der Waals surface area contributed by atoms with Crippen LogP contribution in [0.15, 0.2) is 18.2 Å². The lowest BCUT2D eigenvalue weighted by Crippen LogP contribution is -2.46. The van der Waals surface area contributed by atoms with E-state index in [1.807, 2.05) is 6.92 Å². The number of ether oxygens (including phenoxy) is 2. The number of carbonyl (C=O) groups excluding carboxylic acids is 1. The van der Waals surface area contributed by atoms with E-state index in [0.717, 1.165) is 31.6 Å². The van der Waals surface area contributed by atoms with Gasteiger partial charge < -0.3 is 20.1 Å². The highest BCUT2D eigenvalue weighted by Crippen LogP contribution is 2.17. The first-order valence-corrected chi connectivity index (χ1v) is 7.30. The fourth-order valence-corrected chi connectivity index (χ4v) is 2.27. The molecule has 1 aliphatic rings. The van der Waals surface area contributed by atoms with E-state index in [1.54, 1.807) is 0 Å². The number of halogens is 2. The predicted octanol–water partition coefficient (Wildman–Crippen LogP) is 2.21. The van der Waals surface area contributed by atoms with Crippen LogP contribution in [0.2, 0.25) is 0 Å². The number of carbonyl (C=O) groups is 1. The van der Waals surface area contributed by atoms with Crippen LogP contribution in [0, 0.1) is 11.6 Å². The average Bonchev–Trinajstić information content (AvgIpc) is 2.99. The molecular weight excluding hydrogens is 294 g/mol. The highest BCUT2D eigenvalue weighted by Gasteiger charge is 2.23. The van der Waals surface area contributed by atoms with Crippen molar-refractivity contribution in [3.63, 3.8) is 0 Å². The van der Waals surface area contributed by atoms with Crippen molar-refractivity contribution < 1.29 is 23.0 Å². The summed E-state index contributed by atoms with van der Waals surface area (Å²) in [6, 6.07) is 2.68. The van der Waals surface area contributed by atoms with Crippen LogP contribution in [0.4, 0.5) is 13.6 Å². The molecule has 0 radical (unpaired) electrons. The van der Waals surface area contributed by atoms with E-state index in [9.17, 15) is 13.6 Å². The van der Waals surface area contributed by atoms with E-state index in [-0.39, 0.29) is 37.1 Å². The van der Waals surface area contributed by atoms with Gasteiger partial charge in [0, 0.05) is 12.7 Å². The molecule has 5 nitrogen and oxygen atoms in total. The fourth-order valence-electron chi connectivity index (χ4n) is 2.27. The van der Waals surface area contributed by atoms with Gasteiger partial charge in [0.1, 0.15) is 12.4 Å². The van der Waals surface area contributed by atoms with Gasteiger partial charge in [0.25, 0.3) is 0 Å². The number of benzene rings is 1. The van der Waals surface area contributed by atoms with Gasteiger partial charge >= 0.3 is 6.03 Å². The fraction of sp³-hybridized carbons (Fsp3) is 0.533. The van der Waals surface area contributed by atoms with Crippen LogP contribution in [0.5, 0.6) is 5.75 Å². The zero-order chi connectivity index (χ0) is 15.9. The van der Waals surface area contributed by atoms with Crippen molar-refractivity contribution in [2.24, 2.45) is 0 Å². The Morgan fingerprint density at radius 1 is 1.50 bits per heavy atom. The Balaban J connectivity index is 1.64. The summed E-state index contributed by atoms with van der Waals surface area (Å²) in [6.07, 6.45) is 2.00. The van der Waals surface area contributed by atoms with Crippen molar-refractivity contribution in [3.05, 3.63) is 29.8 Å². The maximum Gasteiger partial charge on any atom is 0.315 e. The minimum atomic E-state index is -0.767. The van der Waals surface area contributed by atoms with Gasteiger partial charge in [-0.1, -0.05) is 0 Å². The number of hydrogen-bond donors (Lipinski definition) is 2. The number of hydrogen-bond acceptors (Lipinski definition) is 3. The van der Waals surface area contributed by atoms with Gasteiger partial charge in [0.05, 0.1) is 18.7 Å². The summed E-state index contributed by atoms with van der Waals surface area (Å²) in [5.41, 5.74) is 0. The third kappa shape index (κ3) is 4.84. The molecule has 0 aromatic heterocycles. The molecule has 0 spiro atoms. The number of urea groups is 1. The summed E-state index contributed by atoms with van der Waals surface area (Å²) in [5, 5.41) is 5.40. The van der Waals surface area contributed by atoms with Crippen molar-refractivity contribution in [1.82, 2.24) is 10.6 Å². The van der Waals surface area contributed by atoms with Gasteiger partial charge in [0.2, 0.25) is 0 Å². The predicted molar refractivity (Wildman–Crippen MR) is 76.8 cm³/mol. The highest BCUT2D eigenvalue weighted by atomic mass is 19.1. The molecule has 2 amide bonds. The first kappa shape index (κ1) is 16.5. The van der Waals surface area contributed by atoms with Crippen LogP contribution in [0.25, 0.3) is 0 Å². The molecule has 2 atom stereocenters. The van der Waals surface area contributed by atoms with E-state index in [2.05, 4.69) is 10.6 Å². The van der Waals surface area contributed by atoms with Gasteiger partial charge in [-0.25, -0.2) is 13.6 Å². The monoisotopic (exact) mass is 314 g/mol. The largest absolute Gasteiger partial charge is 0.489 e. The smallest absolute Gasteiger partial charge is 0.315 e. The second kappa shape index (κ2) is 7.93. The SMILES string of the molecule is C[C@@H](NC(=O)NCCOc1ccc(F)cc1F)[C@@H]1CCCO1. The molecule has 1 aliphatic heterocycles. The third-order valence-corrected chi connectivity index (χ3v) is 3.42. The Hall–Kier alpha value is -1.89. The van der Waals surface area contributed by atoms with E-state index in [0.29, 0.717) is 0 Å². The number of amides is 2. The second-order valence-electron chi connectivity index (χ2n) is 5.16. The molecule has 0 saturated carbocycles. The Morgan fingerprint density at radius 2 is 2.32 bits per heavy atom. The molecule has 2 N–H and O–H groups in total. The molecule has 22 heavy (non-hydrogen) atoms. The third-order valence-electron chi connectivity index (χ3n) is 3.42. The molecule has 122 valence electrons. The van der Waals surface area contributed by atoms with Crippen molar-refractivity contribution in [1.29, 1.82) is 0 Å². The molecule has 0 unspecified atom stereocenters.